The number of rotatable bonds is 7. The van der Waals surface area contributed by atoms with E-state index in [2.05, 4.69) is 5.32 Å². The van der Waals surface area contributed by atoms with E-state index in [9.17, 15) is 9.18 Å². The maximum absolute atomic E-state index is 12.8. The van der Waals surface area contributed by atoms with Gasteiger partial charge in [-0.3, -0.25) is 4.79 Å². The topological polar surface area (TPSA) is 41.6 Å². The molecule has 2 atom stereocenters. The summed E-state index contributed by atoms with van der Waals surface area (Å²) >= 11 is 0. The lowest BCUT2D eigenvalue weighted by Crippen LogP contribution is -2.51. The smallest absolute Gasteiger partial charge is 0.227 e. The molecule has 0 spiro atoms. The van der Waals surface area contributed by atoms with Gasteiger partial charge in [0.2, 0.25) is 5.91 Å². The summed E-state index contributed by atoms with van der Waals surface area (Å²) in [5.41, 5.74) is 0.956. The Morgan fingerprint density at radius 2 is 1.92 bits per heavy atom. The van der Waals surface area contributed by atoms with Gasteiger partial charge in [0.1, 0.15) is 11.9 Å². The van der Waals surface area contributed by atoms with Crippen LogP contribution in [0.15, 0.2) is 24.3 Å². The Morgan fingerprint density at radius 3 is 2.62 bits per heavy atom. The molecule has 2 heterocycles. The summed E-state index contributed by atoms with van der Waals surface area (Å²) in [6, 6.07) is 7.76. The lowest BCUT2D eigenvalue weighted by atomic mass is 9.91. The van der Waals surface area contributed by atoms with Crippen molar-refractivity contribution < 1.29 is 13.9 Å². The SMILES string of the molecule is O=C(Cc1ccc(OCCC2CC2C2CCNCC2)cc1)N1CC(F)C1. The molecule has 4 nitrogen and oxygen atoms in total. The second-order valence-electron chi connectivity index (χ2n) is 8.10. The van der Waals surface area contributed by atoms with Gasteiger partial charge >= 0.3 is 0 Å². The number of alkyl halides is 1. The van der Waals surface area contributed by atoms with Crippen LogP contribution in [0.4, 0.5) is 4.39 Å². The third-order valence-electron chi connectivity index (χ3n) is 6.19. The Labute approximate surface area is 155 Å². The van der Waals surface area contributed by atoms with Gasteiger partial charge < -0.3 is 15.0 Å². The summed E-state index contributed by atoms with van der Waals surface area (Å²) in [5, 5.41) is 3.44. The fourth-order valence-electron chi connectivity index (χ4n) is 4.40. The first-order chi connectivity index (χ1) is 12.7. The minimum absolute atomic E-state index is 0.00487. The number of halogens is 1. The van der Waals surface area contributed by atoms with Crippen LogP contribution in [-0.4, -0.2) is 49.8 Å². The zero-order chi connectivity index (χ0) is 17.9. The molecular formula is C21H29FN2O2. The zero-order valence-electron chi connectivity index (χ0n) is 15.3. The molecule has 4 rings (SSSR count). The lowest BCUT2D eigenvalue weighted by Gasteiger charge is -2.34. The number of hydrogen-bond acceptors (Lipinski definition) is 3. The number of carbonyl (C=O) groups excluding carboxylic acids is 1. The van der Waals surface area contributed by atoms with Crippen LogP contribution in [0.5, 0.6) is 5.75 Å². The predicted molar refractivity (Wildman–Crippen MR) is 98.9 cm³/mol. The number of likely N-dealkylation sites (tertiary alicyclic amines) is 1. The molecule has 5 heteroatoms. The Hall–Kier alpha value is -1.62. The summed E-state index contributed by atoms with van der Waals surface area (Å²) < 4.78 is 18.7. The molecule has 1 aromatic rings. The van der Waals surface area contributed by atoms with Crippen molar-refractivity contribution in [3.8, 4) is 5.75 Å². The van der Waals surface area contributed by atoms with Crippen molar-refractivity contribution in [3.05, 3.63) is 29.8 Å². The highest BCUT2D eigenvalue weighted by Gasteiger charge is 2.42. The van der Waals surface area contributed by atoms with Gasteiger partial charge in [0.05, 0.1) is 26.1 Å². The molecule has 1 aliphatic carbocycles. The molecule has 1 N–H and O–H groups in total. The molecule has 1 amide bonds. The number of nitrogens with one attached hydrogen (secondary N) is 1. The number of benzene rings is 1. The third-order valence-corrected chi connectivity index (χ3v) is 6.19. The Kier molecular flexibility index (Phi) is 5.44. The number of ether oxygens (including phenoxy) is 1. The molecule has 26 heavy (non-hydrogen) atoms. The summed E-state index contributed by atoms with van der Waals surface area (Å²) in [4.78, 5) is 13.5. The van der Waals surface area contributed by atoms with Crippen molar-refractivity contribution in [1.82, 2.24) is 10.2 Å². The molecular weight excluding hydrogens is 331 g/mol. The van der Waals surface area contributed by atoms with E-state index < -0.39 is 6.17 Å². The second-order valence-corrected chi connectivity index (χ2v) is 8.10. The van der Waals surface area contributed by atoms with Gasteiger partial charge in [-0.1, -0.05) is 12.1 Å². The Morgan fingerprint density at radius 1 is 1.19 bits per heavy atom. The van der Waals surface area contributed by atoms with Gasteiger partial charge in [-0.2, -0.15) is 0 Å². The second kappa shape index (κ2) is 7.95. The first-order valence-electron chi connectivity index (χ1n) is 10.0. The minimum atomic E-state index is -0.837. The van der Waals surface area contributed by atoms with Crippen LogP contribution in [0.2, 0.25) is 0 Å². The van der Waals surface area contributed by atoms with E-state index in [1.807, 2.05) is 24.3 Å². The van der Waals surface area contributed by atoms with Crippen LogP contribution in [0, 0.1) is 17.8 Å². The number of carbonyl (C=O) groups is 1. The van der Waals surface area contributed by atoms with Crippen molar-refractivity contribution in [3.63, 3.8) is 0 Å². The summed E-state index contributed by atoms with van der Waals surface area (Å²) in [5.74, 6) is 3.58. The molecule has 2 unspecified atom stereocenters. The molecule has 0 aromatic heterocycles. The van der Waals surface area contributed by atoms with E-state index in [1.165, 1.54) is 32.4 Å². The zero-order valence-corrected chi connectivity index (χ0v) is 15.3. The van der Waals surface area contributed by atoms with Gasteiger partial charge in [-0.05, 0) is 74.2 Å². The average Bonchev–Trinajstić information content (AvgIpc) is 3.41. The highest BCUT2D eigenvalue weighted by molar-refractivity contribution is 5.79. The van der Waals surface area contributed by atoms with Gasteiger partial charge in [0.25, 0.3) is 0 Å². The number of amides is 1. The molecule has 1 saturated carbocycles. The molecule has 3 aliphatic rings. The summed E-state index contributed by atoms with van der Waals surface area (Å²) in [6.45, 7) is 3.64. The highest BCUT2D eigenvalue weighted by Crippen LogP contribution is 2.49. The van der Waals surface area contributed by atoms with E-state index in [-0.39, 0.29) is 19.0 Å². The van der Waals surface area contributed by atoms with Crippen LogP contribution in [0.3, 0.4) is 0 Å². The maximum Gasteiger partial charge on any atom is 0.227 e. The largest absolute Gasteiger partial charge is 0.494 e. The minimum Gasteiger partial charge on any atom is -0.494 e. The van der Waals surface area contributed by atoms with Gasteiger partial charge in [0.15, 0.2) is 0 Å². The third kappa shape index (κ3) is 4.37. The van der Waals surface area contributed by atoms with Crippen LogP contribution >= 0.6 is 0 Å². The molecule has 0 radical (unpaired) electrons. The van der Waals surface area contributed by atoms with Crippen LogP contribution < -0.4 is 10.1 Å². The number of piperidine rings is 1. The van der Waals surface area contributed by atoms with Crippen LogP contribution in [0.25, 0.3) is 0 Å². The van der Waals surface area contributed by atoms with Crippen molar-refractivity contribution in [2.75, 3.05) is 32.8 Å². The number of hydrogen-bond donors (Lipinski definition) is 1. The van der Waals surface area contributed by atoms with Crippen molar-refractivity contribution in [2.45, 2.75) is 38.3 Å². The van der Waals surface area contributed by atoms with E-state index in [1.54, 1.807) is 4.90 Å². The lowest BCUT2D eigenvalue weighted by molar-refractivity contribution is -0.137. The molecule has 0 bridgehead atoms. The van der Waals surface area contributed by atoms with E-state index in [0.717, 1.165) is 42.1 Å². The molecule has 142 valence electrons. The van der Waals surface area contributed by atoms with Crippen LogP contribution in [-0.2, 0) is 11.2 Å². The maximum atomic E-state index is 12.8. The molecule has 2 aliphatic heterocycles. The fourth-order valence-corrected chi connectivity index (χ4v) is 4.40. The average molecular weight is 360 g/mol. The monoisotopic (exact) mass is 360 g/mol. The molecule has 3 fully saturated rings. The van der Waals surface area contributed by atoms with Crippen molar-refractivity contribution in [1.29, 1.82) is 0 Å². The first kappa shape index (κ1) is 17.8. The summed E-state index contributed by atoms with van der Waals surface area (Å²) in [6.07, 6.45) is 4.71. The van der Waals surface area contributed by atoms with E-state index in [0.29, 0.717) is 6.42 Å². The quantitative estimate of drug-likeness (QED) is 0.813. The molecule has 2 saturated heterocycles. The Bertz CT molecular complexity index is 609. The van der Waals surface area contributed by atoms with E-state index in [4.69, 9.17) is 4.74 Å². The predicted octanol–water partition coefficient (Wildman–Crippen LogP) is 2.81. The van der Waals surface area contributed by atoms with Gasteiger partial charge in [-0.15, -0.1) is 0 Å². The normalized spacial score (nSPS) is 26.4. The van der Waals surface area contributed by atoms with Crippen LogP contribution in [0.1, 0.15) is 31.2 Å². The highest BCUT2D eigenvalue weighted by atomic mass is 19.1. The fraction of sp³-hybridized carbons (Fsp3) is 0.667. The first-order valence-corrected chi connectivity index (χ1v) is 10.0. The standard InChI is InChI=1S/C21H29FN2O2/c22-18-13-24(14-18)21(25)11-15-1-3-19(4-2-15)26-10-7-17-12-20(17)16-5-8-23-9-6-16/h1-4,16-18,20,23H,5-14H2. The number of nitrogens with zero attached hydrogens (tertiary/aromatic N) is 1. The van der Waals surface area contributed by atoms with E-state index >= 15 is 0 Å². The summed E-state index contributed by atoms with van der Waals surface area (Å²) in [7, 11) is 0. The van der Waals surface area contributed by atoms with Crippen molar-refractivity contribution >= 4 is 5.91 Å². The molecule has 1 aromatic carbocycles. The van der Waals surface area contributed by atoms with Gasteiger partial charge in [-0.25, -0.2) is 4.39 Å². The van der Waals surface area contributed by atoms with Gasteiger partial charge in [0, 0.05) is 0 Å². The Balaban J connectivity index is 1.15. The van der Waals surface area contributed by atoms with Crippen molar-refractivity contribution in [2.24, 2.45) is 17.8 Å².